The van der Waals surface area contributed by atoms with Crippen molar-refractivity contribution in [3.8, 4) is 55.6 Å². The fourth-order valence-electron chi connectivity index (χ4n) is 13.3. The van der Waals surface area contributed by atoms with Crippen molar-refractivity contribution in [1.82, 2.24) is 0 Å². The number of rotatable bonds is 8. The second-order valence-electron chi connectivity index (χ2n) is 20.6. The van der Waals surface area contributed by atoms with Gasteiger partial charge in [0.05, 0.1) is 0 Å². The molecule has 14 aromatic carbocycles. The lowest BCUT2D eigenvalue weighted by molar-refractivity contribution is 1.29. The normalized spacial score (nSPS) is 12.7. The maximum Gasteiger partial charge on any atom is 0.184 e. The Bertz CT molecular complexity index is 4380. The molecule has 0 spiro atoms. The summed E-state index contributed by atoms with van der Waals surface area (Å²) in [6, 6.07) is 115. The van der Waals surface area contributed by atoms with Crippen LogP contribution in [0, 0.1) is 0 Å². The van der Waals surface area contributed by atoms with Gasteiger partial charge >= 0.3 is 0 Å². The Kier molecular flexibility index (Phi) is 10.9. The summed E-state index contributed by atoms with van der Waals surface area (Å²) < 4.78 is 0. The molecule has 0 atom stereocenters. The molecule has 364 valence electrons. The van der Waals surface area contributed by atoms with Gasteiger partial charge in [0.15, 0.2) is 8.07 Å². The summed E-state index contributed by atoms with van der Waals surface area (Å²) in [6.07, 6.45) is 0. The molecule has 0 N–H and O–H groups in total. The highest BCUT2D eigenvalue weighted by atomic mass is 28.3. The SMILES string of the molecule is c1ccc(-c2ccccc2-c2c3ccccc3c(-c3ccc(-c4c5ccccc5c(-c5ccc(N6c7ccccc7[Si](c7ccccc7)(c7ccccc7)c7ccccc76)cc5)c5ccccc45)cc3)c3ccccc23)cc1. The summed E-state index contributed by atoms with van der Waals surface area (Å²) in [4.78, 5) is 2.50. The van der Waals surface area contributed by atoms with Gasteiger partial charge < -0.3 is 4.90 Å². The molecule has 1 aliphatic rings. The van der Waals surface area contributed by atoms with Gasteiger partial charge in [-0.15, -0.1) is 0 Å². The van der Waals surface area contributed by atoms with Crippen molar-refractivity contribution in [2.75, 3.05) is 4.90 Å². The smallest absolute Gasteiger partial charge is 0.184 e. The standard InChI is InChI=1S/C76H51NSi/c1-4-24-52(25-5-1)59-30-10-11-31-60(59)76-67-38-18-16-36-65(67)74(66-37-17-19-39-68(66)76)54-46-44-53(45-47-54)73-61-32-12-14-34-63(61)75(64-35-15-13-33-62(64)73)55-48-50-56(51-49-55)77-69-40-20-22-42-71(69)78(57-26-6-2-7-27-57,58-28-8-3-9-29-58)72-43-23-21-41-70(72)77/h1-51H. The predicted molar refractivity (Wildman–Crippen MR) is 336 cm³/mol. The number of para-hydroxylation sites is 2. The van der Waals surface area contributed by atoms with Crippen molar-refractivity contribution in [1.29, 1.82) is 0 Å². The third kappa shape index (κ3) is 7.08. The first kappa shape index (κ1) is 45.5. The van der Waals surface area contributed by atoms with Crippen LogP contribution in [0.4, 0.5) is 17.1 Å². The van der Waals surface area contributed by atoms with E-state index in [1.807, 2.05) is 0 Å². The fourth-order valence-corrected chi connectivity index (χ4v) is 18.4. The van der Waals surface area contributed by atoms with E-state index in [9.17, 15) is 0 Å². The van der Waals surface area contributed by atoms with Gasteiger partial charge in [-0.25, -0.2) is 0 Å². The molecule has 15 rings (SSSR count). The first-order chi connectivity index (χ1) is 38.8. The minimum Gasteiger partial charge on any atom is -0.311 e. The van der Waals surface area contributed by atoms with Crippen LogP contribution in [-0.4, -0.2) is 8.07 Å². The van der Waals surface area contributed by atoms with Crippen LogP contribution >= 0.6 is 0 Å². The summed E-state index contributed by atoms with van der Waals surface area (Å²) in [5, 5.41) is 15.5. The number of nitrogens with zero attached hydrogens (tertiary/aromatic N) is 1. The molecule has 0 saturated heterocycles. The van der Waals surface area contributed by atoms with E-state index in [0.717, 1.165) is 5.69 Å². The molecule has 0 unspecified atom stereocenters. The van der Waals surface area contributed by atoms with E-state index in [1.54, 1.807) is 0 Å². The van der Waals surface area contributed by atoms with Crippen LogP contribution in [-0.2, 0) is 0 Å². The van der Waals surface area contributed by atoms with Crippen molar-refractivity contribution in [2.24, 2.45) is 0 Å². The van der Waals surface area contributed by atoms with Gasteiger partial charge in [-0.3, -0.25) is 0 Å². The highest BCUT2D eigenvalue weighted by Gasteiger charge is 2.48. The third-order valence-corrected chi connectivity index (χ3v) is 21.4. The van der Waals surface area contributed by atoms with Crippen LogP contribution in [0.1, 0.15) is 0 Å². The Balaban J connectivity index is 0.849. The number of hydrogen-bond donors (Lipinski definition) is 0. The number of hydrogen-bond acceptors (Lipinski definition) is 1. The quantitative estimate of drug-likeness (QED) is 0.108. The molecule has 0 bridgehead atoms. The lowest BCUT2D eigenvalue weighted by Crippen LogP contribution is -2.77. The van der Waals surface area contributed by atoms with E-state index in [-0.39, 0.29) is 0 Å². The Morgan fingerprint density at radius 1 is 0.205 bits per heavy atom. The van der Waals surface area contributed by atoms with Gasteiger partial charge in [0.1, 0.15) is 0 Å². The van der Waals surface area contributed by atoms with E-state index in [4.69, 9.17) is 0 Å². The molecule has 14 aromatic rings. The molecule has 1 nitrogen and oxygen atoms in total. The van der Waals surface area contributed by atoms with Crippen molar-refractivity contribution in [2.45, 2.75) is 0 Å². The van der Waals surface area contributed by atoms with E-state index >= 15 is 0 Å². The second kappa shape index (κ2) is 18.8. The van der Waals surface area contributed by atoms with Gasteiger partial charge in [0.2, 0.25) is 0 Å². The molecule has 0 aromatic heterocycles. The van der Waals surface area contributed by atoms with Crippen LogP contribution in [0.25, 0.3) is 98.7 Å². The number of fused-ring (bicyclic) bond motifs is 6. The van der Waals surface area contributed by atoms with Gasteiger partial charge in [-0.05, 0) is 144 Å². The van der Waals surface area contributed by atoms with Gasteiger partial charge in [0.25, 0.3) is 0 Å². The van der Waals surface area contributed by atoms with Crippen LogP contribution in [0.3, 0.4) is 0 Å². The summed E-state index contributed by atoms with van der Waals surface area (Å²) in [6.45, 7) is 0. The fraction of sp³-hybridized carbons (Fsp3) is 0. The lowest BCUT2D eigenvalue weighted by Gasteiger charge is -2.45. The summed E-state index contributed by atoms with van der Waals surface area (Å²) in [7, 11) is -2.72. The van der Waals surface area contributed by atoms with Crippen LogP contribution in [0.5, 0.6) is 0 Å². The average molecular weight is 1010 g/mol. The molecular formula is C76H51NSi. The number of anilines is 3. The molecule has 0 saturated carbocycles. The van der Waals surface area contributed by atoms with Gasteiger partial charge in [-0.1, -0.05) is 285 Å². The first-order valence-corrected chi connectivity index (χ1v) is 29.1. The Hall–Kier alpha value is -9.86. The summed E-state index contributed by atoms with van der Waals surface area (Å²) >= 11 is 0. The van der Waals surface area contributed by atoms with E-state index in [1.165, 1.54) is 131 Å². The zero-order valence-electron chi connectivity index (χ0n) is 42.9. The predicted octanol–water partition coefficient (Wildman–Crippen LogP) is 17.8. The minimum atomic E-state index is -2.72. The van der Waals surface area contributed by atoms with E-state index in [2.05, 4.69) is 314 Å². The summed E-state index contributed by atoms with van der Waals surface area (Å²) in [5.74, 6) is 0. The molecule has 1 heterocycles. The Labute approximate surface area is 456 Å². The van der Waals surface area contributed by atoms with Gasteiger partial charge in [-0.2, -0.15) is 0 Å². The average Bonchev–Trinajstić information content (AvgIpc) is 3.66. The number of benzene rings is 14. The van der Waals surface area contributed by atoms with Crippen molar-refractivity contribution < 1.29 is 0 Å². The molecule has 2 heteroatoms. The van der Waals surface area contributed by atoms with Crippen molar-refractivity contribution in [3.05, 3.63) is 309 Å². The summed E-state index contributed by atoms with van der Waals surface area (Å²) in [5.41, 5.74) is 15.9. The minimum absolute atomic E-state index is 1.14. The highest BCUT2D eigenvalue weighted by molar-refractivity contribution is 7.21. The van der Waals surface area contributed by atoms with Crippen LogP contribution in [0.15, 0.2) is 309 Å². The molecule has 0 radical (unpaired) electrons. The first-order valence-electron chi connectivity index (χ1n) is 27.1. The topological polar surface area (TPSA) is 3.24 Å². The monoisotopic (exact) mass is 1010 g/mol. The zero-order chi connectivity index (χ0) is 51.6. The molecule has 0 amide bonds. The molecule has 0 fully saturated rings. The molecule has 78 heavy (non-hydrogen) atoms. The Morgan fingerprint density at radius 3 is 0.897 bits per heavy atom. The van der Waals surface area contributed by atoms with Crippen LogP contribution < -0.4 is 25.6 Å². The van der Waals surface area contributed by atoms with Gasteiger partial charge in [0, 0.05) is 17.1 Å². The largest absolute Gasteiger partial charge is 0.311 e. The highest BCUT2D eigenvalue weighted by Crippen LogP contribution is 2.49. The lowest BCUT2D eigenvalue weighted by atomic mass is 9.83. The maximum atomic E-state index is 2.50. The van der Waals surface area contributed by atoms with Crippen LogP contribution in [0.2, 0.25) is 0 Å². The van der Waals surface area contributed by atoms with E-state index in [0.29, 0.717) is 0 Å². The van der Waals surface area contributed by atoms with E-state index < -0.39 is 8.07 Å². The zero-order valence-corrected chi connectivity index (χ0v) is 43.9. The molecular weight excluding hydrogens is 955 g/mol. The maximum absolute atomic E-state index is 2.72. The Morgan fingerprint density at radius 2 is 0.500 bits per heavy atom. The second-order valence-corrected chi connectivity index (χ2v) is 24.3. The third-order valence-electron chi connectivity index (χ3n) is 16.5. The molecule has 1 aliphatic heterocycles. The molecule has 0 aliphatic carbocycles. The van der Waals surface area contributed by atoms with Crippen molar-refractivity contribution >= 4 is 89.0 Å². The van der Waals surface area contributed by atoms with Crippen molar-refractivity contribution in [3.63, 3.8) is 0 Å².